The second kappa shape index (κ2) is 11.2. The molecule has 0 spiro atoms. The third-order valence-electron chi connectivity index (χ3n) is 5.86. The van der Waals surface area contributed by atoms with E-state index in [1.807, 2.05) is 12.1 Å². The number of aromatic nitrogens is 1. The lowest BCUT2D eigenvalue weighted by Gasteiger charge is -2.28. The number of ether oxygens (including phenoxy) is 2. The van der Waals surface area contributed by atoms with Crippen molar-refractivity contribution >= 4 is 11.4 Å². The zero-order valence-electron chi connectivity index (χ0n) is 19.9. The Kier molecular flexibility index (Phi) is 7.81. The zero-order chi connectivity index (χ0) is 23.0. The molecule has 2 aromatic carbocycles. The highest BCUT2D eigenvalue weighted by Gasteiger charge is 2.12. The molecular formula is C27H34N4O2. The van der Waals surface area contributed by atoms with Crippen molar-refractivity contribution < 1.29 is 9.47 Å². The average Bonchev–Trinajstić information content (AvgIpc) is 2.87. The molecule has 33 heavy (non-hydrogen) atoms. The second-order valence-corrected chi connectivity index (χ2v) is 8.58. The molecule has 1 aliphatic rings. The summed E-state index contributed by atoms with van der Waals surface area (Å²) in [6.07, 6.45) is 1.08. The summed E-state index contributed by atoms with van der Waals surface area (Å²) in [6.45, 7) is 5.42. The summed E-state index contributed by atoms with van der Waals surface area (Å²) in [5, 5.41) is 3.59. The fraction of sp³-hybridized carbons (Fsp3) is 0.370. The van der Waals surface area contributed by atoms with Crippen LogP contribution in [0.2, 0.25) is 0 Å². The van der Waals surface area contributed by atoms with E-state index in [4.69, 9.17) is 14.5 Å². The van der Waals surface area contributed by atoms with Gasteiger partial charge in [-0.25, -0.2) is 4.98 Å². The van der Waals surface area contributed by atoms with Crippen LogP contribution in [0.15, 0.2) is 60.7 Å². The van der Waals surface area contributed by atoms with E-state index in [0.29, 0.717) is 0 Å². The molecule has 0 aliphatic carbocycles. The van der Waals surface area contributed by atoms with E-state index >= 15 is 0 Å². The largest absolute Gasteiger partial charge is 0.497 e. The van der Waals surface area contributed by atoms with Gasteiger partial charge in [0.15, 0.2) is 0 Å². The normalized spacial score (nSPS) is 13.9. The number of methoxy groups -OCH3 is 1. The number of hydrogen-bond donors (Lipinski definition) is 1. The summed E-state index contributed by atoms with van der Waals surface area (Å²) in [6, 6.07) is 21.1. The van der Waals surface area contributed by atoms with Crippen molar-refractivity contribution in [3.05, 3.63) is 60.7 Å². The smallest absolute Gasteiger partial charge is 0.118 e. The third-order valence-corrected chi connectivity index (χ3v) is 5.86. The molecule has 0 bridgehead atoms. The molecule has 3 aromatic rings. The Bertz CT molecular complexity index is 1010. The lowest BCUT2D eigenvalue weighted by Crippen LogP contribution is -2.36. The Morgan fingerprint density at radius 1 is 0.939 bits per heavy atom. The van der Waals surface area contributed by atoms with Crippen LogP contribution in [0.4, 0.5) is 11.4 Å². The van der Waals surface area contributed by atoms with Crippen molar-refractivity contribution in [2.75, 3.05) is 70.8 Å². The number of hydrogen-bond acceptors (Lipinski definition) is 6. The number of nitrogens with zero attached hydrogens (tertiary/aromatic N) is 3. The zero-order valence-corrected chi connectivity index (χ0v) is 19.9. The Hall–Kier alpha value is -3.09. The Balaban J connectivity index is 1.60. The standard InChI is InChI=1S/C27H34N4O2/c1-30(2)14-4-13-28-23-19-26(29-27(20-23)22-7-11-25(32-3)12-8-22)21-5-9-24(10-6-21)31-15-17-33-18-16-31/h5-12,19-20H,4,13-18H2,1-3H3,(H,28,29). The second-order valence-electron chi connectivity index (χ2n) is 8.58. The molecule has 1 saturated heterocycles. The minimum absolute atomic E-state index is 0.788. The number of benzene rings is 2. The lowest BCUT2D eigenvalue weighted by molar-refractivity contribution is 0.122. The van der Waals surface area contributed by atoms with Gasteiger partial charge < -0.3 is 24.6 Å². The molecule has 6 nitrogen and oxygen atoms in total. The van der Waals surface area contributed by atoms with Crippen LogP contribution in [-0.4, -0.2) is 70.5 Å². The van der Waals surface area contributed by atoms with Crippen LogP contribution in [0.3, 0.4) is 0 Å². The predicted molar refractivity (Wildman–Crippen MR) is 136 cm³/mol. The van der Waals surface area contributed by atoms with Crippen molar-refractivity contribution in [2.24, 2.45) is 0 Å². The number of pyridine rings is 1. The van der Waals surface area contributed by atoms with Gasteiger partial charge in [0.1, 0.15) is 5.75 Å². The molecule has 1 N–H and O–H groups in total. The highest BCUT2D eigenvalue weighted by molar-refractivity contribution is 5.73. The van der Waals surface area contributed by atoms with Crippen LogP contribution in [0.1, 0.15) is 6.42 Å². The van der Waals surface area contributed by atoms with Gasteiger partial charge in [-0.1, -0.05) is 12.1 Å². The maximum Gasteiger partial charge on any atom is 0.118 e. The van der Waals surface area contributed by atoms with E-state index in [1.54, 1.807) is 7.11 Å². The highest BCUT2D eigenvalue weighted by Crippen LogP contribution is 2.29. The quantitative estimate of drug-likeness (QED) is 0.484. The number of morpholine rings is 1. The topological polar surface area (TPSA) is 49.9 Å². The molecule has 0 atom stereocenters. The predicted octanol–water partition coefficient (Wildman–Crippen LogP) is 4.62. The minimum atomic E-state index is 0.788. The van der Waals surface area contributed by atoms with E-state index in [1.165, 1.54) is 5.69 Å². The monoisotopic (exact) mass is 446 g/mol. The van der Waals surface area contributed by atoms with Crippen LogP contribution in [0, 0.1) is 0 Å². The lowest BCUT2D eigenvalue weighted by atomic mass is 10.1. The van der Waals surface area contributed by atoms with Gasteiger partial charge in [-0.2, -0.15) is 0 Å². The first-order valence-electron chi connectivity index (χ1n) is 11.6. The molecule has 0 saturated carbocycles. The van der Waals surface area contributed by atoms with E-state index in [2.05, 4.69) is 77.7 Å². The molecule has 1 aromatic heterocycles. The number of rotatable bonds is 9. The molecule has 174 valence electrons. The van der Waals surface area contributed by atoms with E-state index in [-0.39, 0.29) is 0 Å². The minimum Gasteiger partial charge on any atom is -0.497 e. The van der Waals surface area contributed by atoms with Crippen molar-refractivity contribution in [3.8, 4) is 28.3 Å². The summed E-state index contributed by atoms with van der Waals surface area (Å²) in [5.41, 5.74) is 6.41. The van der Waals surface area contributed by atoms with Gasteiger partial charge in [0, 0.05) is 42.1 Å². The van der Waals surface area contributed by atoms with Gasteiger partial charge in [0.05, 0.1) is 31.7 Å². The van der Waals surface area contributed by atoms with Crippen LogP contribution in [-0.2, 0) is 4.74 Å². The van der Waals surface area contributed by atoms with E-state index in [9.17, 15) is 0 Å². The summed E-state index contributed by atoms with van der Waals surface area (Å²) in [4.78, 5) is 9.58. The van der Waals surface area contributed by atoms with Gasteiger partial charge in [-0.05, 0) is 75.6 Å². The van der Waals surface area contributed by atoms with Gasteiger partial charge in [-0.3, -0.25) is 0 Å². The van der Waals surface area contributed by atoms with Crippen LogP contribution < -0.4 is 15.0 Å². The number of nitrogens with one attached hydrogen (secondary N) is 1. The molecule has 0 unspecified atom stereocenters. The fourth-order valence-electron chi connectivity index (χ4n) is 3.98. The Morgan fingerprint density at radius 2 is 1.55 bits per heavy atom. The first kappa shape index (κ1) is 23.1. The van der Waals surface area contributed by atoms with Crippen molar-refractivity contribution in [3.63, 3.8) is 0 Å². The van der Waals surface area contributed by atoms with Crippen LogP contribution in [0.25, 0.3) is 22.5 Å². The summed E-state index contributed by atoms with van der Waals surface area (Å²) < 4.78 is 10.8. The van der Waals surface area contributed by atoms with Crippen LogP contribution in [0.5, 0.6) is 5.75 Å². The maximum absolute atomic E-state index is 5.48. The summed E-state index contributed by atoms with van der Waals surface area (Å²) in [7, 11) is 5.89. The number of anilines is 2. The Labute approximate surface area is 197 Å². The first-order valence-corrected chi connectivity index (χ1v) is 11.6. The van der Waals surface area contributed by atoms with E-state index < -0.39 is 0 Å². The van der Waals surface area contributed by atoms with Gasteiger partial charge in [-0.15, -0.1) is 0 Å². The van der Waals surface area contributed by atoms with Gasteiger partial charge in [0.25, 0.3) is 0 Å². The van der Waals surface area contributed by atoms with Crippen molar-refractivity contribution in [1.29, 1.82) is 0 Å². The molecule has 2 heterocycles. The van der Waals surface area contributed by atoms with Crippen LogP contribution >= 0.6 is 0 Å². The van der Waals surface area contributed by atoms with Crippen molar-refractivity contribution in [1.82, 2.24) is 9.88 Å². The molecule has 0 amide bonds. The van der Waals surface area contributed by atoms with E-state index in [0.717, 1.165) is 79.8 Å². The molecule has 6 heteroatoms. The van der Waals surface area contributed by atoms with Gasteiger partial charge in [0.2, 0.25) is 0 Å². The summed E-state index contributed by atoms with van der Waals surface area (Å²) >= 11 is 0. The highest BCUT2D eigenvalue weighted by atomic mass is 16.5. The molecule has 1 fully saturated rings. The molecule has 0 radical (unpaired) electrons. The molecular weight excluding hydrogens is 412 g/mol. The van der Waals surface area contributed by atoms with Gasteiger partial charge >= 0.3 is 0 Å². The molecule has 1 aliphatic heterocycles. The SMILES string of the molecule is COc1ccc(-c2cc(NCCCN(C)C)cc(-c3ccc(N4CCOCC4)cc3)n2)cc1. The summed E-state index contributed by atoms with van der Waals surface area (Å²) in [5.74, 6) is 0.843. The Morgan fingerprint density at radius 3 is 2.12 bits per heavy atom. The third kappa shape index (κ3) is 6.24. The first-order chi connectivity index (χ1) is 16.1. The fourth-order valence-corrected chi connectivity index (χ4v) is 3.98. The molecule has 4 rings (SSSR count). The average molecular weight is 447 g/mol. The van der Waals surface area contributed by atoms with Crippen molar-refractivity contribution in [2.45, 2.75) is 6.42 Å². The maximum atomic E-state index is 5.48.